The lowest BCUT2D eigenvalue weighted by atomic mass is 10.1. The fourth-order valence-corrected chi connectivity index (χ4v) is 3.12. The highest BCUT2D eigenvalue weighted by atomic mass is 16.5. The first-order chi connectivity index (χ1) is 14.2. The first-order valence-electron chi connectivity index (χ1n) is 9.64. The van der Waals surface area contributed by atoms with Crippen LogP contribution in [-0.2, 0) is 13.6 Å². The molecule has 6 heteroatoms. The van der Waals surface area contributed by atoms with E-state index in [1.54, 1.807) is 7.11 Å². The van der Waals surface area contributed by atoms with Crippen LogP contribution in [0.4, 0.5) is 0 Å². The first-order valence-corrected chi connectivity index (χ1v) is 9.64. The second-order valence-electron chi connectivity index (χ2n) is 6.74. The quantitative estimate of drug-likeness (QED) is 0.530. The van der Waals surface area contributed by atoms with Crippen molar-refractivity contribution in [2.24, 2.45) is 7.05 Å². The van der Waals surface area contributed by atoms with Gasteiger partial charge in [0.15, 0.2) is 0 Å². The number of aromatic nitrogens is 2. The average Bonchev–Trinajstić information content (AvgIpc) is 3.18. The molecule has 0 amide bonds. The summed E-state index contributed by atoms with van der Waals surface area (Å²) < 4.78 is 13.1. The molecule has 0 aliphatic carbocycles. The van der Waals surface area contributed by atoms with Gasteiger partial charge in [0.05, 0.1) is 25.8 Å². The van der Waals surface area contributed by atoms with Crippen molar-refractivity contribution in [3.8, 4) is 17.6 Å². The molecule has 0 radical (unpaired) electrons. The highest BCUT2D eigenvalue weighted by Gasteiger charge is 2.18. The number of imidazole rings is 1. The molecule has 1 aromatic heterocycles. The lowest BCUT2D eigenvalue weighted by molar-refractivity contribution is 0.312. The van der Waals surface area contributed by atoms with E-state index in [0.717, 1.165) is 34.9 Å². The van der Waals surface area contributed by atoms with Crippen LogP contribution in [0.1, 0.15) is 35.8 Å². The van der Waals surface area contributed by atoms with Gasteiger partial charge in [-0.2, -0.15) is 5.26 Å². The number of benzene rings is 2. The van der Waals surface area contributed by atoms with Crippen LogP contribution in [0.3, 0.4) is 0 Å². The fraction of sp³-hybridized carbons (Fsp3) is 0.304. The zero-order valence-corrected chi connectivity index (χ0v) is 16.8. The Labute approximate surface area is 171 Å². The molecule has 0 saturated carbocycles. The molecule has 0 fully saturated rings. The van der Waals surface area contributed by atoms with Crippen LogP contribution in [0.25, 0.3) is 0 Å². The van der Waals surface area contributed by atoms with E-state index in [2.05, 4.69) is 34.6 Å². The minimum Gasteiger partial charge on any atom is -0.497 e. The third kappa shape index (κ3) is 5.59. The van der Waals surface area contributed by atoms with Gasteiger partial charge < -0.3 is 14.0 Å². The van der Waals surface area contributed by atoms with Crippen molar-refractivity contribution in [3.05, 3.63) is 77.9 Å². The molecule has 3 aromatic rings. The van der Waals surface area contributed by atoms with Gasteiger partial charge >= 0.3 is 0 Å². The van der Waals surface area contributed by atoms with Crippen molar-refractivity contribution in [2.45, 2.75) is 25.4 Å². The summed E-state index contributed by atoms with van der Waals surface area (Å²) in [5.74, 6) is 2.59. The molecule has 150 valence electrons. The van der Waals surface area contributed by atoms with Gasteiger partial charge in [-0.25, -0.2) is 4.98 Å². The van der Waals surface area contributed by atoms with Gasteiger partial charge in [0.25, 0.3) is 0 Å². The van der Waals surface area contributed by atoms with Crippen molar-refractivity contribution in [3.63, 3.8) is 0 Å². The van der Waals surface area contributed by atoms with Gasteiger partial charge in [-0.15, -0.1) is 0 Å². The van der Waals surface area contributed by atoms with Crippen molar-refractivity contribution in [1.29, 1.82) is 5.26 Å². The Morgan fingerprint density at radius 1 is 1.17 bits per heavy atom. The van der Waals surface area contributed by atoms with Crippen molar-refractivity contribution >= 4 is 0 Å². The Kier molecular flexibility index (Phi) is 7.26. The maximum absolute atomic E-state index is 8.62. The van der Waals surface area contributed by atoms with E-state index in [1.165, 1.54) is 0 Å². The normalized spacial score (nSPS) is 11.6. The third-order valence-electron chi connectivity index (χ3n) is 4.68. The number of nitrogens with zero attached hydrogens (tertiary/aromatic N) is 3. The minimum absolute atomic E-state index is 0.0545. The number of hydrogen-bond donors (Lipinski definition) is 1. The third-order valence-corrected chi connectivity index (χ3v) is 4.68. The van der Waals surface area contributed by atoms with Crippen LogP contribution < -0.4 is 14.8 Å². The second kappa shape index (κ2) is 10.3. The van der Waals surface area contributed by atoms with Gasteiger partial charge in [-0.3, -0.25) is 5.32 Å². The van der Waals surface area contributed by atoms with Crippen LogP contribution in [0.2, 0.25) is 0 Å². The summed E-state index contributed by atoms with van der Waals surface area (Å²) in [5.41, 5.74) is 2.24. The smallest absolute Gasteiger partial charge is 0.130 e. The van der Waals surface area contributed by atoms with E-state index in [4.69, 9.17) is 14.7 Å². The standard InChI is InChI=1S/C23H26N4O2/c1-27-14-13-25-23(27)22(19-8-10-20(28-2)11-9-19)26-17-18-6-5-7-21(16-18)29-15-4-3-12-24/h5-11,13-14,16,22,26H,3-4,15,17H2,1-2H3. The molecule has 3 rings (SSSR count). The van der Waals surface area contributed by atoms with Gasteiger partial charge in [0.1, 0.15) is 17.3 Å². The molecule has 29 heavy (non-hydrogen) atoms. The van der Waals surface area contributed by atoms with Gasteiger partial charge in [-0.05, 0) is 41.8 Å². The predicted octanol–water partition coefficient (Wildman–Crippen LogP) is 3.99. The molecule has 1 atom stereocenters. The van der Waals surface area contributed by atoms with E-state index in [1.807, 2.05) is 54.3 Å². The Morgan fingerprint density at radius 3 is 2.69 bits per heavy atom. The molecule has 0 spiro atoms. The van der Waals surface area contributed by atoms with Crippen molar-refractivity contribution in [1.82, 2.24) is 14.9 Å². The summed E-state index contributed by atoms with van der Waals surface area (Å²) in [6.07, 6.45) is 5.00. The Hall–Kier alpha value is -3.30. The molecule has 0 saturated heterocycles. The SMILES string of the molecule is COc1ccc(C(NCc2cccc(OCCCC#N)c2)c2nccn2C)cc1. The highest BCUT2D eigenvalue weighted by molar-refractivity contribution is 5.33. The van der Waals surface area contributed by atoms with Gasteiger partial charge in [-0.1, -0.05) is 24.3 Å². The van der Waals surface area contributed by atoms with Crippen molar-refractivity contribution in [2.75, 3.05) is 13.7 Å². The number of nitrogens with one attached hydrogen (secondary N) is 1. The topological polar surface area (TPSA) is 72.1 Å². The molecule has 1 N–H and O–H groups in total. The van der Waals surface area contributed by atoms with Crippen LogP contribution in [0.15, 0.2) is 60.9 Å². The lowest BCUT2D eigenvalue weighted by Crippen LogP contribution is -2.24. The number of ether oxygens (including phenoxy) is 2. The zero-order chi connectivity index (χ0) is 20.5. The molecular formula is C23H26N4O2. The number of methoxy groups -OCH3 is 1. The molecule has 0 bridgehead atoms. The monoisotopic (exact) mass is 390 g/mol. The number of hydrogen-bond acceptors (Lipinski definition) is 5. The van der Waals surface area contributed by atoms with Crippen LogP contribution >= 0.6 is 0 Å². The number of rotatable bonds is 10. The Bertz CT molecular complexity index is 944. The summed E-state index contributed by atoms with van der Waals surface area (Å²) in [6, 6.07) is 18.1. The average molecular weight is 390 g/mol. The van der Waals surface area contributed by atoms with E-state index in [-0.39, 0.29) is 6.04 Å². The molecule has 1 unspecified atom stereocenters. The van der Waals surface area contributed by atoms with Crippen molar-refractivity contribution < 1.29 is 9.47 Å². The predicted molar refractivity (Wildman–Crippen MR) is 112 cm³/mol. The fourth-order valence-electron chi connectivity index (χ4n) is 3.12. The first kappa shape index (κ1) is 20.4. The van der Waals surface area contributed by atoms with E-state index in [0.29, 0.717) is 19.6 Å². The molecule has 1 heterocycles. The molecule has 2 aromatic carbocycles. The maximum Gasteiger partial charge on any atom is 0.130 e. The summed E-state index contributed by atoms with van der Waals surface area (Å²) in [4.78, 5) is 4.54. The van der Waals surface area contributed by atoms with Gasteiger partial charge in [0, 0.05) is 32.4 Å². The molecule has 0 aliphatic rings. The van der Waals surface area contributed by atoms with Crippen LogP contribution in [-0.4, -0.2) is 23.3 Å². The molecule has 0 aliphatic heterocycles. The lowest BCUT2D eigenvalue weighted by Gasteiger charge is -2.20. The van der Waals surface area contributed by atoms with E-state index >= 15 is 0 Å². The number of aryl methyl sites for hydroxylation is 1. The Balaban J connectivity index is 1.72. The largest absolute Gasteiger partial charge is 0.497 e. The Morgan fingerprint density at radius 2 is 2.00 bits per heavy atom. The summed E-state index contributed by atoms with van der Waals surface area (Å²) >= 11 is 0. The molecular weight excluding hydrogens is 364 g/mol. The van der Waals surface area contributed by atoms with E-state index < -0.39 is 0 Å². The maximum atomic E-state index is 8.62. The second-order valence-corrected chi connectivity index (χ2v) is 6.74. The van der Waals surface area contributed by atoms with E-state index in [9.17, 15) is 0 Å². The van der Waals surface area contributed by atoms with Gasteiger partial charge in [0.2, 0.25) is 0 Å². The summed E-state index contributed by atoms with van der Waals surface area (Å²) in [5, 5.41) is 12.2. The number of nitriles is 1. The summed E-state index contributed by atoms with van der Waals surface area (Å²) in [6.45, 7) is 1.21. The van der Waals surface area contributed by atoms with Crippen LogP contribution in [0, 0.1) is 11.3 Å². The molecule has 6 nitrogen and oxygen atoms in total. The highest BCUT2D eigenvalue weighted by Crippen LogP contribution is 2.24. The summed E-state index contributed by atoms with van der Waals surface area (Å²) in [7, 11) is 3.66. The minimum atomic E-state index is -0.0545. The number of unbranched alkanes of at least 4 members (excludes halogenated alkanes) is 1. The zero-order valence-electron chi connectivity index (χ0n) is 16.8. The van der Waals surface area contributed by atoms with Crippen LogP contribution in [0.5, 0.6) is 11.5 Å².